The van der Waals surface area contributed by atoms with Crippen molar-refractivity contribution in [3.63, 3.8) is 0 Å². The van der Waals surface area contributed by atoms with Gasteiger partial charge in [-0.2, -0.15) is 0 Å². The SMILES string of the molecule is C=C(CC)c1ccc(C)cc1Cl. The molecule has 0 radical (unpaired) electrons. The molecule has 0 heterocycles. The van der Waals surface area contributed by atoms with Crippen LogP contribution in [0.15, 0.2) is 24.8 Å². The molecule has 1 aromatic carbocycles. The third-order valence-corrected chi connectivity index (χ3v) is 2.24. The molecule has 0 aromatic heterocycles. The number of halogens is 1. The van der Waals surface area contributed by atoms with Crippen molar-refractivity contribution in [3.8, 4) is 0 Å². The van der Waals surface area contributed by atoms with Crippen LogP contribution in [0, 0.1) is 6.92 Å². The van der Waals surface area contributed by atoms with E-state index in [1.807, 2.05) is 19.1 Å². The lowest BCUT2D eigenvalue weighted by atomic mass is 10.0. The summed E-state index contributed by atoms with van der Waals surface area (Å²) in [5, 5.41) is 0.807. The van der Waals surface area contributed by atoms with Crippen molar-refractivity contribution in [3.05, 3.63) is 40.9 Å². The fourth-order valence-electron chi connectivity index (χ4n) is 1.10. The summed E-state index contributed by atoms with van der Waals surface area (Å²) in [4.78, 5) is 0. The van der Waals surface area contributed by atoms with Crippen LogP contribution >= 0.6 is 11.6 Å². The number of allylic oxidation sites excluding steroid dienone is 1. The second kappa shape index (κ2) is 3.77. The van der Waals surface area contributed by atoms with Crippen molar-refractivity contribution in [2.75, 3.05) is 0 Å². The quantitative estimate of drug-likeness (QED) is 0.644. The molecule has 12 heavy (non-hydrogen) atoms. The van der Waals surface area contributed by atoms with Gasteiger partial charge in [0.2, 0.25) is 0 Å². The predicted molar refractivity (Wildman–Crippen MR) is 55.5 cm³/mol. The maximum absolute atomic E-state index is 6.04. The van der Waals surface area contributed by atoms with Crippen molar-refractivity contribution >= 4 is 17.2 Å². The van der Waals surface area contributed by atoms with E-state index in [2.05, 4.69) is 19.6 Å². The van der Waals surface area contributed by atoms with Crippen LogP contribution in [0.5, 0.6) is 0 Å². The van der Waals surface area contributed by atoms with Gasteiger partial charge >= 0.3 is 0 Å². The molecule has 0 spiro atoms. The molecular formula is C11H13Cl. The van der Waals surface area contributed by atoms with Gasteiger partial charge in [0.1, 0.15) is 0 Å². The van der Waals surface area contributed by atoms with Gasteiger partial charge in [0.15, 0.2) is 0 Å². The number of hydrogen-bond acceptors (Lipinski definition) is 0. The van der Waals surface area contributed by atoms with E-state index in [1.54, 1.807) is 0 Å². The smallest absolute Gasteiger partial charge is 0.0483 e. The zero-order chi connectivity index (χ0) is 9.14. The van der Waals surface area contributed by atoms with Crippen molar-refractivity contribution < 1.29 is 0 Å². The van der Waals surface area contributed by atoms with E-state index >= 15 is 0 Å². The molecule has 0 fully saturated rings. The van der Waals surface area contributed by atoms with Crippen molar-refractivity contribution in [1.82, 2.24) is 0 Å². The van der Waals surface area contributed by atoms with Gasteiger partial charge < -0.3 is 0 Å². The first-order valence-electron chi connectivity index (χ1n) is 4.09. The molecule has 64 valence electrons. The lowest BCUT2D eigenvalue weighted by Gasteiger charge is -2.05. The Balaban J connectivity index is 3.09. The Morgan fingerprint density at radius 1 is 1.50 bits per heavy atom. The third kappa shape index (κ3) is 1.89. The summed E-state index contributed by atoms with van der Waals surface area (Å²) < 4.78 is 0. The minimum Gasteiger partial charge on any atom is -0.0952 e. The van der Waals surface area contributed by atoms with Crippen molar-refractivity contribution in [2.45, 2.75) is 20.3 Å². The molecule has 0 atom stereocenters. The van der Waals surface area contributed by atoms with Crippen LogP contribution in [-0.4, -0.2) is 0 Å². The molecule has 0 bridgehead atoms. The van der Waals surface area contributed by atoms with Gasteiger partial charge in [-0.3, -0.25) is 0 Å². The zero-order valence-electron chi connectivity index (χ0n) is 7.52. The topological polar surface area (TPSA) is 0 Å². The average Bonchev–Trinajstić information content (AvgIpc) is 2.03. The van der Waals surface area contributed by atoms with E-state index in [1.165, 1.54) is 5.56 Å². The van der Waals surface area contributed by atoms with Crippen LogP contribution in [0.3, 0.4) is 0 Å². The van der Waals surface area contributed by atoms with E-state index in [4.69, 9.17) is 11.6 Å². The summed E-state index contributed by atoms with van der Waals surface area (Å²) in [5.74, 6) is 0. The molecule has 0 saturated heterocycles. The number of hydrogen-bond donors (Lipinski definition) is 0. The maximum atomic E-state index is 6.04. The first kappa shape index (κ1) is 9.34. The molecule has 0 nitrogen and oxygen atoms in total. The van der Waals surface area contributed by atoms with Gasteiger partial charge in [-0.05, 0) is 36.1 Å². The Hall–Kier alpha value is -0.750. The normalized spacial score (nSPS) is 9.92. The highest BCUT2D eigenvalue weighted by Gasteiger charge is 2.01. The third-order valence-electron chi connectivity index (χ3n) is 1.93. The summed E-state index contributed by atoms with van der Waals surface area (Å²) in [6.45, 7) is 8.06. The molecular weight excluding hydrogens is 168 g/mol. The number of aryl methyl sites for hydroxylation is 1. The minimum absolute atomic E-state index is 0.807. The summed E-state index contributed by atoms with van der Waals surface area (Å²) in [7, 11) is 0. The highest BCUT2D eigenvalue weighted by molar-refractivity contribution is 6.32. The Morgan fingerprint density at radius 2 is 2.17 bits per heavy atom. The molecule has 0 N–H and O–H groups in total. The lowest BCUT2D eigenvalue weighted by Crippen LogP contribution is -1.83. The largest absolute Gasteiger partial charge is 0.0952 e. The van der Waals surface area contributed by atoms with Crippen LogP contribution in [0.2, 0.25) is 5.02 Å². The second-order valence-electron chi connectivity index (χ2n) is 2.94. The number of rotatable bonds is 2. The molecule has 0 aliphatic heterocycles. The van der Waals surface area contributed by atoms with E-state index in [9.17, 15) is 0 Å². The molecule has 1 rings (SSSR count). The number of benzene rings is 1. The van der Waals surface area contributed by atoms with Crippen LogP contribution in [-0.2, 0) is 0 Å². The standard InChI is InChI=1S/C11H13Cl/c1-4-9(3)10-6-5-8(2)7-11(10)12/h5-7H,3-4H2,1-2H3. The molecule has 0 aliphatic carbocycles. The first-order chi connectivity index (χ1) is 5.65. The van der Waals surface area contributed by atoms with Gasteiger partial charge in [0.25, 0.3) is 0 Å². The summed E-state index contributed by atoms with van der Waals surface area (Å²) >= 11 is 6.04. The fraction of sp³-hybridized carbons (Fsp3) is 0.273. The lowest BCUT2D eigenvalue weighted by molar-refractivity contribution is 1.24. The highest BCUT2D eigenvalue weighted by Crippen LogP contribution is 2.25. The van der Waals surface area contributed by atoms with E-state index in [0.717, 1.165) is 22.6 Å². The van der Waals surface area contributed by atoms with Gasteiger partial charge in [-0.25, -0.2) is 0 Å². The fourth-order valence-corrected chi connectivity index (χ4v) is 1.47. The van der Waals surface area contributed by atoms with Gasteiger partial charge in [-0.15, -0.1) is 0 Å². The molecule has 0 amide bonds. The van der Waals surface area contributed by atoms with Crippen molar-refractivity contribution in [2.24, 2.45) is 0 Å². The Bertz CT molecular complexity index is 300. The Morgan fingerprint density at radius 3 is 2.67 bits per heavy atom. The molecule has 0 saturated carbocycles. The predicted octanol–water partition coefficient (Wildman–Crippen LogP) is 4.07. The van der Waals surface area contributed by atoms with E-state index < -0.39 is 0 Å². The van der Waals surface area contributed by atoms with Crippen LogP contribution in [0.1, 0.15) is 24.5 Å². The van der Waals surface area contributed by atoms with E-state index in [0.29, 0.717) is 0 Å². The second-order valence-corrected chi connectivity index (χ2v) is 3.35. The monoisotopic (exact) mass is 180 g/mol. The van der Waals surface area contributed by atoms with Crippen molar-refractivity contribution in [1.29, 1.82) is 0 Å². The van der Waals surface area contributed by atoms with Gasteiger partial charge in [0.05, 0.1) is 0 Å². The van der Waals surface area contributed by atoms with Gasteiger partial charge in [-0.1, -0.05) is 37.2 Å². The average molecular weight is 181 g/mol. The maximum Gasteiger partial charge on any atom is 0.0483 e. The molecule has 1 heteroatoms. The highest BCUT2D eigenvalue weighted by atomic mass is 35.5. The molecule has 0 unspecified atom stereocenters. The van der Waals surface area contributed by atoms with E-state index in [-0.39, 0.29) is 0 Å². The van der Waals surface area contributed by atoms with Crippen LogP contribution in [0.25, 0.3) is 5.57 Å². The zero-order valence-corrected chi connectivity index (χ0v) is 8.28. The first-order valence-corrected chi connectivity index (χ1v) is 4.47. The van der Waals surface area contributed by atoms with Crippen LogP contribution < -0.4 is 0 Å². The molecule has 0 aliphatic rings. The summed E-state index contributed by atoms with van der Waals surface area (Å²) in [5.41, 5.74) is 3.36. The molecule has 1 aromatic rings. The van der Waals surface area contributed by atoms with Gasteiger partial charge in [0, 0.05) is 5.02 Å². The summed E-state index contributed by atoms with van der Waals surface area (Å²) in [6.07, 6.45) is 0.947. The Labute approximate surface area is 78.9 Å². The summed E-state index contributed by atoms with van der Waals surface area (Å²) in [6, 6.07) is 6.06. The van der Waals surface area contributed by atoms with Crippen LogP contribution in [0.4, 0.5) is 0 Å². The Kier molecular flexibility index (Phi) is 2.93. The minimum atomic E-state index is 0.807.